The molecule has 0 bridgehead atoms. The van der Waals surface area contributed by atoms with Crippen molar-refractivity contribution in [2.24, 2.45) is 0 Å². The molecule has 1 unspecified atom stereocenters. The van der Waals surface area contributed by atoms with Crippen molar-refractivity contribution in [3.05, 3.63) is 75.0 Å². The Morgan fingerprint density at radius 3 is 2.23 bits per heavy atom. The first kappa shape index (κ1) is 18.9. The first-order valence-corrected chi connectivity index (χ1v) is 9.16. The number of hydrogen-bond acceptors (Lipinski definition) is 1. The highest BCUT2D eigenvalue weighted by molar-refractivity contribution is 6.34. The first-order valence-electron chi connectivity index (χ1n) is 8.40. The van der Waals surface area contributed by atoms with Crippen molar-refractivity contribution < 1.29 is 9.18 Å². The SMILES string of the molecule is CC1=C(c2ccccc2F)C(=O)N(C(C)(C)c2cc(Cl)cc(Cl)c2)C1C. The Balaban J connectivity index is 2.08. The average molecular weight is 392 g/mol. The van der Waals surface area contributed by atoms with E-state index in [2.05, 4.69) is 0 Å². The molecule has 5 heteroatoms. The fraction of sp³-hybridized carbons (Fsp3) is 0.286. The van der Waals surface area contributed by atoms with E-state index in [0.717, 1.165) is 11.1 Å². The summed E-state index contributed by atoms with van der Waals surface area (Å²) in [6.07, 6.45) is 0. The van der Waals surface area contributed by atoms with E-state index in [1.165, 1.54) is 6.07 Å². The highest BCUT2D eigenvalue weighted by Crippen LogP contribution is 2.42. The fourth-order valence-electron chi connectivity index (χ4n) is 3.64. The van der Waals surface area contributed by atoms with Crippen LogP contribution in [-0.4, -0.2) is 16.8 Å². The number of carbonyl (C=O) groups is 1. The topological polar surface area (TPSA) is 20.3 Å². The summed E-state index contributed by atoms with van der Waals surface area (Å²) in [4.78, 5) is 15.1. The lowest BCUT2D eigenvalue weighted by molar-refractivity contribution is -0.130. The van der Waals surface area contributed by atoms with Crippen LogP contribution in [0.2, 0.25) is 10.0 Å². The van der Waals surface area contributed by atoms with E-state index in [-0.39, 0.29) is 11.9 Å². The number of halogens is 3. The van der Waals surface area contributed by atoms with Crippen molar-refractivity contribution >= 4 is 34.7 Å². The second kappa shape index (κ2) is 6.71. The average Bonchev–Trinajstić information content (AvgIpc) is 2.77. The Morgan fingerprint density at radius 1 is 1.08 bits per heavy atom. The minimum atomic E-state index is -0.667. The van der Waals surface area contributed by atoms with E-state index in [0.29, 0.717) is 21.2 Å². The number of benzene rings is 2. The van der Waals surface area contributed by atoms with Crippen molar-refractivity contribution in [1.29, 1.82) is 0 Å². The van der Waals surface area contributed by atoms with Crippen molar-refractivity contribution in [3.63, 3.8) is 0 Å². The van der Waals surface area contributed by atoms with E-state index in [1.54, 1.807) is 29.2 Å². The Kier molecular flexibility index (Phi) is 4.89. The molecule has 136 valence electrons. The molecule has 2 nitrogen and oxygen atoms in total. The molecule has 1 amide bonds. The lowest BCUT2D eigenvalue weighted by atomic mass is 9.91. The number of rotatable bonds is 3. The van der Waals surface area contributed by atoms with Crippen molar-refractivity contribution in [1.82, 2.24) is 4.90 Å². The third-order valence-corrected chi connectivity index (χ3v) is 5.59. The number of hydrogen-bond donors (Lipinski definition) is 0. The van der Waals surface area contributed by atoms with Crippen LogP contribution in [0, 0.1) is 5.82 Å². The minimum Gasteiger partial charge on any atom is -0.323 e. The Bertz CT molecular complexity index is 900. The van der Waals surface area contributed by atoms with Crippen LogP contribution in [0.3, 0.4) is 0 Å². The number of nitrogens with zero attached hydrogens (tertiary/aromatic N) is 1. The van der Waals surface area contributed by atoms with Gasteiger partial charge in [0.1, 0.15) is 5.82 Å². The summed E-state index contributed by atoms with van der Waals surface area (Å²) in [5, 5.41) is 1.03. The van der Waals surface area contributed by atoms with Crippen molar-refractivity contribution in [3.8, 4) is 0 Å². The quantitative estimate of drug-likeness (QED) is 0.621. The smallest absolute Gasteiger partial charge is 0.255 e. The minimum absolute atomic E-state index is 0.176. The van der Waals surface area contributed by atoms with E-state index in [1.807, 2.05) is 39.8 Å². The third kappa shape index (κ3) is 3.04. The molecule has 0 fully saturated rings. The molecule has 26 heavy (non-hydrogen) atoms. The first-order chi connectivity index (χ1) is 12.1. The van der Waals surface area contributed by atoms with Gasteiger partial charge in [-0.15, -0.1) is 0 Å². The fourth-order valence-corrected chi connectivity index (χ4v) is 4.17. The van der Waals surface area contributed by atoms with Gasteiger partial charge in [0.15, 0.2) is 0 Å². The molecular formula is C21H20Cl2FNO. The second-order valence-corrected chi connectivity index (χ2v) is 7.98. The maximum absolute atomic E-state index is 14.3. The zero-order valence-corrected chi connectivity index (χ0v) is 16.6. The van der Waals surface area contributed by atoms with Crippen LogP contribution in [0.1, 0.15) is 38.8 Å². The molecule has 0 N–H and O–H groups in total. The van der Waals surface area contributed by atoms with Gasteiger partial charge < -0.3 is 4.90 Å². The molecule has 1 atom stereocenters. The molecule has 0 spiro atoms. The zero-order valence-electron chi connectivity index (χ0n) is 15.1. The van der Waals surface area contributed by atoms with Crippen molar-refractivity contribution in [2.75, 3.05) is 0 Å². The molecule has 0 radical (unpaired) electrons. The zero-order chi connectivity index (χ0) is 19.2. The van der Waals surface area contributed by atoms with Gasteiger partial charge in [0.2, 0.25) is 0 Å². The third-order valence-electron chi connectivity index (χ3n) is 5.16. The molecule has 2 aromatic carbocycles. The standard InChI is InChI=1S/C21H20Cl2FNO/c1-12-13(2)25(20(26)19(12)17-7-5-6-8-18(17)24)21(3,4)14-9-15(22)11-16(23)10-14/h5-11,13H,1-4H3. The molecule has 1 aliphatic rings. The van der Waals surface area contributed by atoms with Gasteiger partial charge in [-0.1, -0.05) is 41.4 Å². The summed E-state index contributed by atoms with van der Waals surface area (Å²) in [6.45, 7) is 7.72. The van der Waals surface area contributed by atoms with Crippen LogP contribution < -0.4 is 0 Å². The van der Waals surface area contributed by atoms with Gasteiger partial charge in [-0.3, -0.25) is 4.79 Å². The predicted molar refractivity (Wildman–Crippen MR) is 105 cm³/mol. The predicted octanol–water partition coefficient (Wildman–Crippen LogP) is 6.07. The summed E-state index contributed by atoms with van der Waals surface area (Å²) in [6, 6.07) is 11.5. The maximum atomic E-state index is 14.3. The van der Waals surface area contributed by atoms with Gasteiger partial charge in [0.05, 0.1) is 17.2 Å². The number of carbonyl (C=O) groups excluding carboxylic acids is 1. The van der Waals surface area contributed by atoms with Crippen LogP contribution in [0.5, 0.6) is 0 Å². The van der Waals surface area contributed by atoms with Crippen LogP contribution in [-0.2, 0) is 10.3 Å². The molecule has 0 saturated carbocycles. The lowest BCUT2D eigenvalue weighted by Gasteiger charge is -2.40. The summed E-state index contributed by atoms with van der Waals surface area (Å²) >= 11 is 12.3. The Hall–Kier alpha value is -1.84. The van der Waals surface area contributed by atoms with Gasteiger partial charge in [-0.2, -0.15) is 0 Å². The molecule has 1 aliphatic heterocycles. The van der Waals surface area contributed by atoms with Gasteiger partial charge in [0.25, 0.3) is 5.91 Å². The summed E-state index contributed by atoms with van der Waals surface area (Å²) in [7, 11) is 0. The van der Waals surface area contributed by atoms with Gasteiger partial charge in [-0.05, 0) is 63.1 Å². The number of amides is 1. The lowest BCUT2D eigenvalue weighted by Crippen LogP contribution is -2.47. The largest absolute Gasteiger partial charge is 0.323 e. The van der Waals surface area contributed by atoms with Crippen LogP contribution in [0.15, 0.2) is 48.0 Å². The van der Waals surface area contributed by atoms with E-state index in [4.69, 9.17) is 23.2 Å². The van der Waals surface area contributed by atoms with E-state index in [9.17, 15) is 9.18 Å². The Labute approximate surface area is 163 Å². The summed E-state index contributed by atoms with van der Waals surface area (Å²) in [5.41, 5.74) is 1.78. The highest BCUT2D eigenvalue weighted by Gasteiger charge is 2.44. The van der Waals surface area contributed by atoms with E-state index >= 15 is 0 Å². The van der Waals surface area contributed by atoms with Crippen molar-refractivity contribution in [2.45, 2.75) is 39.3 Å². The normalized spacial score (nSPS) is 18.0. The molecule has 3 rings (SSSR count). The van der Waals surface area contributed by atoms with Gasteiger partial charge in [-0.25, -0.2) is 4.39 Å². The van der Waals surface area contributed by atoms with Crippen LogP contribution >= 0.6 is 23.2 Å². The molecule has 2 aromatic rings. The molecular weight excluding hydrogens is 372 g/mol. The maximum Gasteiger partial charge on any atom is 0.255 e. The highest BCUT2D eigenvalue weighted by atomic mass is 35.5. The second-order valence-electron chi connectivity index (χ2n) is 7.11. The molecule has 0 aromatic heterocycles. The monoisotopic (exact) mass is 391 g/mol. The van der Waals surface area contributed by atoms with E-state index < -0.39 is 11.4 Å². The summed E-state index contributed by atoms with van der Waals surface area (Å²) in [5.74, 6) is -0.589. The molecule has 1 heterocycles. The molecule has 0 saturated heterocycles. The van der Waals surface area contributed by atoms with Gasteiger partial charge in [0, 0.05) is 15.6 Å². The Morgan fingerprint density at radius 2 is 1.65 bits per heavy atom. The van der Waals surface area contributed by atoms with Crippen LogP contribution in [0.4, 0.5) is 4.39 Å². The van der Waals surface area contributed by atoms with Gasteiger partial charge >= 0.3 is 0 Å². The molecule has 0 aliphatic carbocycles. The summed E-state index contributed by atoms with van der Waals surface area (Å²) < 4.78 is 14.3. The van der Waals surface area contributed by atoms with Crippen LogP contribution in [0.25, 0.3) is 5.57 Å².